The average molecular weight is 405 g/mol. The first kappa shape index (κ1) is 19.6. The van der Waals surface area contributed by atoms with E-state index < -0.39 is 0 Å². The number of imide groups is 1. The number of aromatic nitrogens is 1. The SMILES string of the molecule is Cc1cc(C)c2nc(SCCCCN3C(=O)c4ccccc4C3=O)cc(C)c2c1. The predicted molar refractivity (Wildman–Crippen MR) is 118 cm³/mol. The van der Waals surface area contributed by atoms with Crippen molar-refractivity contribution in [1.29, 1.82) is 0 Å². The van der Waals surface area contributed by atoms with Crippen LogP contribution in [0.2, 0.25) is 0 Å². The summed E-state index contributed by atoms with van der Waals surface area (Å²) in [5.41, 5.74) is 5.82. The molecule has 1 aromatic heterocycles. The van der Waals surface area contributed by atoms with Crippen molar-refractivity contribution in [2.24, 2.45) is 0 Å². The van der Waals surface area contributed by atoms with Gasteiger partial charge >= 0.3 is 0 Å². The lowest BCUT2D eigenvalue weighted by Gasteiger charge is -2.13. The number of fused-ring (bicyclic) bond motifs is 2. The van der Waals surface area contributed by atoms with Crippen LogP contribution in [0.5, 0.6) is 0 Å². The highest BCUT2D eigenvalue weighted by atomic mass is 32.2. The number of rotatable bonds is 6. The topological polar surface area (TPSA) is 50.3 Å². The number of aryl methyl sites for hydroxylation is 3. The van der Waals surface area contributed by atoms with Gasteiger partial charge in [0.1, 0.15) is 0 Å². The summed E-state index contributed by atoms with van der Waals surface area (Å²) in [6, 6.07) is 13.6. The van der Waals surface area contributed by atoms with Crippen LogP contribution in [-0.4, -0.2) is 34.0 Å². The highest BCUT2D eigenvalue weighted by molar-refractivity contribution is 7.99. The molecule has 29 heavy (non-hydrogen) atoms. The summed E-state index contributed by atoms with van der Waals surface area (Å²) in [6.45, 7) is 6.83. The van der Waals surface area contributed by atoms with Gasteiger partial charge in [-0.25, -0.2) is 4.98 Å². The Hall–Kier alpha value is -2.66. The first-order chi connectivity index (χ1) is 14.0. The van der Waals surface area contributed by atoms with Crippen molar-refractivity contribution in [1.82, 2.24) is 9.88 Å². The predicted octanol–water partition coefficient (Wildman–Crippen LogP) is 5.33. The van der Waals surface area contributed by atoms with E-state index in [0.717, 1.165) is 29.1 Å². The van der Waals surface area contributed by atoms with Crippen LogP contribution < -0.4 is 0 Å². The lowest BCUT2D eigenvalue weighted by molar-refractivity contribution is 0.0652. The number of unbranched alkanes of at least 4 members (excludes halogenated alkanes) is 1. The normalized spacial score (nSPS) is 13.4. The number of benzene rings is 2. The number of amides is 2. The maximum atomic E-state index is 12.4. The quantitative estimate of drug-likeness (QED) is 0.317. The maximum Gasteiger partial charge on any atom is 0.261 e. The largest absolute Gasteiger partial charge is 0.274 e. The van der Waals surface area contributed by atoms with Gasteiger partial charge in [0.25, 0.3) is 11.8 Å². The molecule has 0 radical (unpaired) electrons. The van der Waals surface area contributed by atoms with Crippen LogP contribution in [0.1, 0.15) is 50.2 Å². The summed E-state index contributed by atoms with van der Waals surface area (Å²) in [6.07, 6.45) is 1.72. The Labute approximate surface area is 175 Å². The molecule has 1 aliphatic heterocycles. The highest BCUT2D eigenvalue weighted by Gasteiger charge is 2.34. The Morgan fingerprint density at radius 3 is 2.28 bits per heavy atom. The van der Waals surface area contributed by atoms with Crippen LogP contribution >= 0.6 is 11.8 Å². The fourth-order valence-electron chi connectivity index (χ4n) is 3.88. The Kier molecular flexibility index (Phi) is 5.41. The minimum Gasteiger partial charge on any atom is -0.274 e. The number of thioether (sulfide) groups is 1. The Morgan fingerprint density at radius 2 is 1.59 bits per heavy atom. The molecule has 0 aliphatic carbocycles. The van der Waals surface area contributed by atoms with E-state index in [1.807, 2.05) is 0 Å². The average Bonchev–Trinajstić information content (AvgIpc) is 2.94. The Balaban J connectivity index is 1.34. The van der Waals surface area contributed by atoms with Gasteiger partial charge in [-0.3, -0.25) is 14.5 Å². The third-order valence-electron chi connectivity index (χ3n) is 5.34. The summed E-state index contributed by atoms with van der Waals surface area (Å²) in [5, 5.41) is 2.25. The number of pyridine rings is 1. The van der Waals surface area contributed by atoms with Crippen molar-refractivity contribution in [2.75, 3.05) is 12.3 Å². The van der Waals surface area contributed by atoms with E-state index in [2.05, 4.69) is 39.0 Å². The number of hydrogen-bond donors (Lipinski definition) is 0. The van der Waals surface area contributed by atoms with E-state index in [0.29, 0.717) is 17.7 Å². The lowest BCUT2D eigenvalue weighted by Crippen LogP contribution is -2.30. The summed E-state index contributed by atoms with van der Waals surface area (Å²) < 4.78 is 0. The minimum absolute atomic E-state index is 0.171. The molecule has 0 bridgehead atoms. The molecule has 0 unspecified atom stereocenters. The molecule has 0 saturated carbocycles. The first-order valence-electron chi connectivity index (χ1n) is 9.92. The van der Waals surface area contributed by atoms with Gasteiger partial charge in [0.2, 0.25) is 0 Å². The van der Waals surface area contributed by atoms with Gasteiger partial charge in [0, 0.05) is 11.9 Å². The Bertz CT molecular complexity index is 1090. The van der Waals surface area contributed by atoms with Crippen molar-refractivity contribution in [3.05, 3.63) is 70.3 Å². The molecular formula is C24H24N2O2S. The number of hydrogen-bond acceptors (Lipinski definition) is 4. The standard InChI is InChI=1S/C24H24N2O2S/c1-15-12-17(3)22-20(13-15)16(2)14-21(25-22)29-11-7-6-10-26-23(27)18-8-4-5-9-19(18)24(26)28/h4-5,8-9,12-14H,6-7,10-11H2,1-3H3. The Morgan fingerprint density at radius 1 is 0.897 bits per heavy atom. The lowest BCUT2D eigenvalue weighted by atomic mass is 10.0. The van der Waals surface area contributed by atoms with Crippen molar-refractivity contribution in [3.63, 3.8) is 0 Å². The van der Waals surface area contributed by atoms with E-state index in [1.54, 1.807) is 36.0 Å². The molecule has 2 aromatic carbocycles. The van der Waals surface area contributed by atoms with E-state index >= 15 is 0 Å². The van der Waals surface area contributed by atoms with Gasteiger partial charge in [0.15, 0.2) is 0 Å². The second-order valence-electron chi connectivity index (χ2n) is 7.62. The second kappa shape index (κ2) is 7.99. The number of nitrogens with zero attached hydrogens (tertiary/aromatic N) is 2. The van der Waals surface area contributed by atoms with E-state index in [9.17, 15) is 9.59 Å². The van der Waals surface area contributed by atoms with Crippen LogP contribution in [0.25, 0.3) is 10.9 Å². The molecule has 3 aromatic rings. The molecule has 4 rings (SSSR count). The summed E-state index contributed by atoms with van der Waals surface area (Å²) in [7, 11) is 0. The molecule has 0 saturated heterocycles. The highest BCUT2D eigenvalue weighted by Crippen LogP contribution is 2.28. The molecular weight excluding hydrogens is 380 g/mol. The third-order valence-corrected chi connectivity index (χ3v) is 6.33. The minimum atomic E-state index is -0.171. The maximum absolute atomic E-state index is 12.4. The third kappa shape index (κ3) is 3.79. The van der Waals surface area contributed by atoms with Gasteiger partial charge < -0.3 is 0 Å². The van der Waals surface area contributed by atoms with E-state index in [4.69, 9.17) is 4.98 Å². The molecule has 5 heteroatoms. The zero-order valence-electron chi connectivity index (χ0n) is 17.0. The molecule has 0 atom stereocenters. The molecule has 1 aliphatic rings. The molecule has 4 nitrogen and oxygen atoms in total. The molecule has 148 valence electrons. The van der Waals surface area contributed by atoms with Crippen LogP contribution in [0, 0.1) is 20.8 Å². The second-order valence-corrected chi connectivity index (χ2v) is 8.73. The molecule has 0 spiro atoms. The summed E-state index contributed by atoms with van der Waals surface area (Å²) in [5.74, 6) is 0.568. The molecule has 2 amide bonds. The van der Waals surface area contributed by atoms with Gasteiger partial charge in [-0.1, -0.05) is 23.8 Å². The summed E-state index contributed by atoms with van der Waals surface area (Å²) in [4.78, 5) is 31.0. The van der Waals surface area contributed by atoms with E-state index in [-0.39, 0.29) is 11.8 Å². The number of carbonyl (C=O) groups is 2. The van der Waals surface area contributed by atoms with Crippen molar-refractivity contribution < 1.29 is 9.59 Å². The van der Waals surface area contributed by atoms with Crippen molar-refractivity contribution >= 4 is 34.5 Å². The van der Waals surface area contributed by atoms with E-state index in [1.165, 1.54) is 27.0 Å². The van der Waals surface area contributed by atoms with Crippen LogP contribution in [0.15, 0.2) is 47.5 Å². The fourth-order valence-corrected chi connectivity index (χ4v) is 4.85. The van der Waals surface area contributed by atoms with Gasteiger partial charge in [-0.15, -0.1) is 11.8 Å². The van der Waals surface area contributed by atoms with Crippen molar-refractivity contribution in [3.8, 4) is 0 Å². The van der Waals surface area contributed by atoms with Crippen LogP contribution in [0.4, 0.5) is 0 Å². The summed E-state index contributed by atoms with van der Waals surface area (Å²) >= 11 is 1.73. The van der Waals surface area contributed by atoms with Gasteiger partial charge in [-0.05, 0) is 74.8 Å². The number of carbonyl (C=O) groups excluding carboxylic acids is 2. The molecule has 2 heterocycles. The van der Waals surface area contributed by atoms with Crippen LogP contribution in [0.3, 0.4) is 0 Å². The van der Waals surface area contributed by atoms with Gasteiger partial charge in [-0.2, -0.15) is 0 Å². The monoisotopic (exact) mass is 404 g/mol. The smallest absolute Gasteiger partial charge is 0.261 e. The fraction of sp³-hybridized carbons (Fsp3) is 0.292. The molecule has 0 fully saturated rings. The first-order valence-corrected chi connectivity index (χ1v) is 10.9. The van der Waals surface area contributed by atoms with Crippen molar-refractivity contribution in [2.45, 2.75) is 38.6 Å². The zero-order valence-corrected chi connectivity index (χ0v) is 17.8. The molecule has 0 N–H and O–H groups in total. The van der Waals surface area contributed by atoms with Gasteiger partial charge in [0.05, 0.1) is 21.7 Å². The van der Waals surface area contributed by atoms with Crippen LogP contribution in [-0.2, 0) is 0 Å². The zero-order chi connectivity index (χ0) is 20.5.